The molecule has 1 aromatic heterocycles. The first-order chi connectivity index (χ1) is 12.1. The Morgan fingerprint density at radius 2 is 1.88 bits per heavy atom. The van der Waals surface area contributed by atoms with Crippen LogP contribution in [-0.4, -0.2) is 52.3 Å². The third-order valence-corrected chi connectivity index (χ3v) is 5.41. The van der Waals surface area contributed by atoms with Crippen molar-refractivity contribution in [2.24, 2.45) is 0 Å². The zero-order valence-corrected chi connectivity index (χ0v) is 14.5. The predicted molar refractivity (Wildman–Crippen MR) is 93.0 cm³/mol. The third-order valence-electron chi connectivity index (χ3n) is 5.41. The molecule has 0 bridgehead atoms. The van der Waals surface area contributed by atoms with Crippen molar-refractivity contribution in [3.8, 4) is 0 Å². The van der Waals surface area contributed by atoms with E-state index in [0.29, 0.717) is 19.6 Å². The van der Waals surface area contributed by atoms with Gasteiger partial charge in [-0.25, -0.2) is 4.98 Å². The van der Waals surface area contributed by atoms with Crippen molar-refractivity contribution in [3.05, 3.63) is 30.2 Å². The van der Waals surface area contributed by atoms with E-state index in [9.17, 15) is 9.59 Å². The summed E-state index contributed by atoms with van der Waals surface area (Å²) in [6, 6.07) is 7.52. The zero-order valence-electron chi connectivity index (χ0n) is 14.5. The van der Waals surface area contributed by atoms with Crippen LogP contribution < -0.4 is 0 Å². The molecule has 2 fully saturated rings. The SMILES string of the molecule is CC(=O)N1CCCC1C(=O)N1CCC(c2nc3ccccc3o2)CC1. The Kier molecular flexibility index (Phi) is 4.19. The molecule has 0 aliphatic carbocycles. The molecule has 0 radical (unpaired) electrons. The van der Waals surface area contributed by atoms with Crippen molar-refractivity contribution in [3.63, 3.8) is 0 Å². The average molecular weight is 341 g/mol. The number of carbonyl (C=O) groups excluding carboxylic acids is 2. The van der Waals surface area contributed by atoms with E-state index in [1.165, 1.54) is 0 Å². The smallest absolute Gasteiger partial charge is 0.245 e. The number of benzene rings is 1. The van der Waals surface area contributed by atoms with Crippen molar-refractivity contribution in [1.29, 1.82) is 0 Å². The molecule has 25 heavy (non-hydrogen) atoms. The topological polar surface area (TPSA) is 66.7 Å². The van der Waals surface area contributed by atoms with Crippen LogP contribution in [0.15, 0.2) is 28.7 Å². The number of rotatable bonds is 2. The molecule has 2 saturated heterocycles. The summed E-state index contributed by atoms with van der Waals surface area (Å²) in [5.41, 5.74) is 1.71. The van der Waals surface area contributed by atoms with Gasteiger partial charge in [0.1, 0.15) is 11.6 Å². The fourth-order valence-electron chi connectivity index (χ4n) is 4.02. The maximum Gasteiger partial charge on any atom is 0.245 e. The number of amides is 2. The minimum Gasteiger partial charge on any atom is -0.440 e. The Hall–Kier alpha value is -2.37. The van der Waals surface area contributed by atoms with Gasteiger partial charge in [0.2, 0.25) is 11.8 Å². The highest BCUT2D eigenvalue weighted by Gasteiger charge is 2.37. The normalized spacial score (nSPS) is 21.9. The van der Waals surface area contributed by atoms with E-state index in [4.69, 9.17) is 4.42 Å². The number of fused-ring (bicyclic) bond motifs is 1. The van der Waals surface area contributed by atoms with Crippen LogP contribution in [0.4, 0.5) is 0 Å². The first-order valence-electron chi connectivity index (χ1n) is 9.05. The van der Waals surface area contributed by atoms with Gasteiger partial charge < -0.3 is 14.2 Å². The van der Waals surface area contributed by atoms with E-state index >= 15 is 0 Å². The van der Waals surface area contributed by atoms with Gasteiger partial charge in [-0.3, -0.25) is 9.59 Å². The Labute approximate surface area is 146 Å². The second kappa shape index (κ2) is 6.50. The van der Waals surface area contributed by atoms with Gasteiger partial charge in [0.05, 0.1) is 0 Å². The Morgan fingerprint density at radius 1 is 1.12 bits per heavy atom. The number of hydrogen-bond acceptors (Lipinski definition) is 4. The van der Waals surface area contributed by atoms with Crippen LogP contribution >= 0.6 is 0 Å². The number of piperidine rings is 1. The number of carbonyl (C=O) groups is 2. The van der Waals surface area contributed by atoms with E-state index in [2.05, 4.69) is 4.98 Å². The highest BCUT2D eigenvalue weighted by Crippen LogP contribution is 2.31. The highest BCUT2D eigenvalue weighted by molar-refractivity contribution is 5.87. The van der Waals surface area contributed by atoms with Crippen molar-refractivity contribution >= 4 is 22.9 Å². The quantitative estimate of drug-likeness (QED) is 0.842. The van der Waals surface area contributed by atoms with Crippen molar-refractivity contribution in [1.82, 2.24) is 14.8 Å². The van der Waals surface area contributed by atoms with Gasteiger partial charge in [-0.2, -0.15) is 0 Å². The Balaban J connectivity index is 1.41. The summed E-state index contributed by atoms with van der Waals surface area (Å²) in [5, 5.41) is 0. The number of nitrogens with zero attached hydrogens (tertiary/aromatic N) is 3. The van der Waals surface area contributed by atoms with Crippen LogP contribution in [0, 0.1) is 0 Å². The van der Waals surface area contributed by atoms with E-state index in [0.717, 1.165) is 42.7 Å². The van der Waals surface area contributed by atoms with Gasteiger partial charge in [0.25, 0.3) is 0 Å². The summed E-state index contributed by atoms with van der Waals surface area (Å²) in [7, 11) is 0. The molecular formula is C19H23N3O3. The molecule has 4 rings (SSSR count). The van der Waals surface area contributed by atoms with Crippen LogP contribution in [0.25, 0.3) is 11.1 Å². The lowest BCUT2D eigenvalue weighted by Crippen LogP contribution is -2.49. The molecule has 3 heterocycles. The van der Waals surface area contributed by atoms with Crippen LogP contribution in [0.5, 0.6) is 0 Å². The number of para-hydroxylation sites is 2. The molecule has 2 aliphatic rings. The van der Waals surface area contributed by atoms with Crippen molar-refractivity contribution in [2.75, 3.05) is 19.6 Å². The molecule has 132 valence electrons. The fourth-order valence-corrected chi connectivity index (χ4v) is 4.02. The van der Waals surface area contributed by atoms with E-state index < -0.39 is 0 Å². The van der Waals surface area contributed by atoms with Gasteiger partial charge in [-0.1, -0.05) is 12.1 Å². The van der Waals surface area contributed by atoms with Crippen molar-refractivity contribution < 1.29 is 14.0 Å². The molecule has 6 nitrogen and oxygen atoms in total. The van der Waals surface area contributed by atoms with Crippen molar-refractivity contribution in [2.45, 2.75) is 44.6 Å². The van der Waals surface area contributed by atoms with E-state index in [-0.39, 0.29) is 23.8 Å². The maximum atomic E-state index is 12.8. The van der Waals surface area contributed by atoms with Crippen LogP contribution in [0.1, 0.15) is 44.4 Å². The molecular weight excluding hydrogens is 318 g/mol. The molecule has 1 atom stereocenters. The maximum absolute atomic E-state index is 12.8. The largest absolute Gasteiger partial charge is 0.440 e. The van der Waals surface area contributed by atoms with Crippen LogP contribution in [-0.2, 0) is 9.59 Å². The number of oxazole rings is 1. The zero-order chi connectivity index (χ0) is 17.4. The molecule has 1 unspecified atom stereocenters. The standard InChI is InChI=1S/C19H23N3O3/c1-13(23)22-10-4-6-16(22)19(24)21-11-8-14(9-12-21)18-20-15-5-2-3-7-17(15)25-18/h2-3,5,7,14,16H,4,6,8-12H2,1H3. The summed E-state index contributed by atoms with van der Waals surface area (Å²) < 4.78 is 5.88. The molecule has 6 heteroatoms. The van der Waals surface area contributed by atoms with Crippen LogP contribution in [0.2, 0.25) is 0 Å². The van der Waals surface area contributed by atoms with Gasteiger partial charge in [-0.05, 0) is 37.8 Å². The van der Waals surface area contributed by atoms with Gasteiger partial charge >= 0.3 is 0 Å². The summed E-state index contributed by atoms with van der Waals surface area (Å²) in [6.45, 7) is 3.64. The second-order valence-corrected chi connectivity index (χ2v) is 6.99. The summed E-state index contributed by atoms with van der Waals surface area (Å²) in [4.78, 5) is 32.7. The summed E-state index contributed by atoms with van der Waals surface area (Å²) in [6.07, 6.45) is 3.40. The van der Waals surface area contributed by atoms with Gasteiger partial charge in [-0.15, -0.1) is 0 Å². The molecule has 0 N–H and O–H groups in total. The molecule has 2 aromatic rings. The van der Waals surface area contributed by atoms with Gasteiger partial charge in [0.15, 0.2) is 11.5 Å². The number of hydrogen-bond donors (Lipinski definition) is 0. The average Bonchev–Trinajstić information content (AvgIpc) is 3.28. The lowest BCUT2D eigenvalue weighted by molar-refractivity contribution is -0.143. The third kappa shape index (κ3) is 3.01. The minimum absolute atomic E-state index is 0.00258. The lowest BCUT2D eigenvalue weighted by atomic mass is 9.96. The predicted octanol–water partition coefficient (Wildman–Crippen LogP) is 2.54. The first kappa shape index (κ1) is 16.1. The Morgan fingerprint density at radius 3 is 2.60 bits per heavy atom. The van der Waals surface area contributed by atoms with E-state index in [1.54, 1.807) is 11.8 Å². The highest BCUT2D eigenvalue weighted by atomic mass is 16.3. The molecule has 0 spiro atoms. The molecule has 2 amide bonds. The molecule has 1 aromatic carbocycles. The summed E-state index contributed by atoms with van der Waals surface area (Å²) >= 11 is 0. The lowest BCUT2D eigenvalue weighted by Gasteiger charge is -2.34. The molecule has 2 aliphatic heterocycles. The van der Waals surface area contributed by atoms with Crippen LogP contribution in [0.3, 0.4) is 0 Å². The monoisotopic (exact) mass is 341 g/mol. The summed E-state index contributed by atoms with van der Waals surface area (Å²) in [5.74, 6) is 1.13. The van der Waals surface area contributed by atoms with Gasteiger partial charge in [0, 0.05) is 32.5 Å². The Bertz CT molecular complexity index is 759. The number of aromatic nitrogens is 1. The second-order valence-electron chi connectivity index (χ2n) is 6.99. The minimum atomic E-state index is -0.265. The fraction of sp³-hybridized carbons (Fsp3) is 0.526. The first-order valence-corrected chi connectivity index (χ1v) is 9.05. The molecule has 0 saturated carbocycles. The number of likely N-dealkylation sites (tertiary alicyclic amines) is 2. The van der Waals surface area contributed by atoms with E-state index in [1.807, 2.05) is 29.2 Å².